The van der Waals surface area contributed by atoms with Crippen molar-refractivity contribution in [1.29, 1.82) is 5.26 Å². The molecule has 3 rings (SSSR count). The van der Waals surface area contributed by atoms with Gasteiger partial charge in [-0.3, -0.25) is 9.19 Å². The van der Waals surface area contributed by atoms with E-state index in [-0.39, 0.29) is 11.3 Å². The van der Waals surface area contributed by atoms with Gasteiger partial charge in [0.1, 0.15) is 23.7 Å². The lowest BCUT2D eigenvalue weighted by atomic mass is 10.1. The lowest BCUT2D eigenvalue weighted by Crippen LogP contribution is -2.24. The van der Waals surface area contributed by atoms with Gasteiger partial charge in [-0.1, -0.05) is 0 Å². The number of ether oxygens (including phenoxy) is 1. The summed E-state index contributed by atoms with van der Waals surface area (Å²) in [4.78, 5) is 3.08. The SMILES string of the molecule is N#Cc1cncc(Oc2ccc(S(=O)[O-])c3c2[C@@H](F)C(F)(F)[C@H]3O)c1. The van der Waals surface area contributed by atoms with Crippen LogP contribution in [-0.4, -0.2) is 24.8 Å². The first-order chi connectivity index (χ1) is 11.8. The van der Waals surface area contributed by atoms with Gasteiger partial charge in [0, 0.05) is 28.3 Å². The zero-order valence-electron chi connectivity index (χ0n) is 12.1. The number of hydrogen-bond donors (Lipinski definition) is 1. The Kier molecular flexibility index (Phi) is 4.24. The molecule has 2 aromatic rings. The third kappa shape index (κ3) is 2.76. The molecular formula is C15H8F3N2O4S-. The van der Waals surface area contributed by atoms with Crippen LogP contribution in [0.3, 0.4) is 0 Å². The predicted octanol–water partition coefficient (Wildman–Crippen LogP) is 2.68. The molecule has 130 valence electrons. The summed E-state index contributed by atoms with van der Waals surface area (Å²) in [5, 5.41) is 18.5. The fourth-order valence-electron chi connectivity index (χ4n) is 2.56. The van der Waals surface area contributed by atoms with Gasteiger partial charge in [-0.2, -0.15) is 14.0 Å². The van der Waals surface area contributed by atoms with Gasteiger partial charge >= 0.3 is 5.92 Å². The summed E-state index contributed by atoms with van der Waals surface area (Å²) < 4.78 is 69.7. The Balaban J connectivity index is 2.15. The average molecular weight is 369 g/mol. The highest BCUT2D eigenvalue weighted by Gasteiger charge is 2.58. The molecule has 1 aliphatic rings. The van der Waals surface area contributed by atoms with Gasteiger partial charge in [-0.25, -0.2) is 4.39 Å². The van der Waals surface area contributed by atoms with Crippen LogP contribution in [-0.2, 0) is 11.1 Å². The largest absolute Gasteiger partial charge is 0.768 e. The maximum absolute atomic E-state index is 14.2. The molecule has 3 atom stereocenters. The number of alkyl halides is 3. The molecule has 0 amide bonds. The zero-order valence-corrected chi connectivity index (χ0v) is 13.0. The summed E-state index contributed by atoms with van der Waals surface area (Å²) in [5.41, 5.74) is -1.37. The molecule has 10 heteroatoms. The van der Waals surface area contributed by atoms with E-state index < -0.39 is 51.1 Å². The van der Waals surface area contributed by atoms with Crippen molar-refractivity contribution in [3.8, 4) is 17.6 Å². The second kappa shape index (κ2) is 6.11. The summed E-state index contributed by atoms with van der Waals surface area (Å²) in [7, 11) is 0. The number of rotatable bonds is 3. The second-order valence-electron chi connectivity index (χ2n) is 5.19. The van der Waals surface area contributed by atoms with Crippen molar-refractivity contribution in [2.24, 2.45) is 0 Å². The number of aromatic nitrogens is 1. The third-order valence-electron chi connectivity index (χ3n) is 3.69. The van der Waals surface area contributed by atoms with Crippen molar-refractivity contribution in [2.45, 2.75) is 23.1 Å². The first-order valence-electron chi connectivity index (χ1n) is 6.76. The molecule has 1 aromatic carbocycles. The van der Waals surface area contributed by atoms with Crippen molar-refractivity contribution in [3.05, 3.63) is 47.3 Å². The van der Waals surface area contributed by atoms with Gasteiger partial charge in [0.05, 0.1) is 11.8 Å². The van der Waals surface area contributed by atoms with Crippen LogP contribution in [0, 0.1) is 11.3 Å². The number of benzene rings is 1. The summed E-state index contributed by atoms with van der Waals surface area (Å²) >= 11 is -2.96. The second-order valence-corrected chi connectivity index (χ2v) is 6.10. The van der Waals surface area contributed by atoms with Crippen LogP contribution in [0.1, 0.15) is 29.0 Å². The van der Waals surface area contributed by atoms with Crippen molar-refractivity contribution >= 4 is 11.1 Å². The molecule has 0 bridgehead atoms. The molecule has 0 radical (unpaired) electrons. The van der Waals surface area contributed by atoms with Gasteiger partial charge in [-0.15, -0.1) is 0 Å². The van der Waals surface area contributed by atoms with Gasteiger partial charge in [0.15, 0.2) is 6.17 Å². The number of nitrogens with zero attached hydrogens (tertiary/aromatic N) is 2. The highest BCUT2D eigenvalue weighted by molar-refractivity contribution is 7.79. The quantitative estimate of drug-likeness (QED) is 0.834. The maximum atomic E-state index is 14.2. The van der Waals surface area contributed by atoms with E-state index in [9.17, 15) is 27.0 Å². The Morgan fingerprint density at radius 3 is 2.72 bits per heavy atom. The molecule has 1 heterocycles. The summed E-state index contributed by atoms with van der Waals surface area (Å²) in [5.74, 6) is -4.64. The summed E-state index contributed by atoms with van der Waals surface area (Å²) in [6, 6.07) is 4.98. The van der Waals surface area contributed by atoms with Crippen LogP contribution in [0.4, 0.5) is 13.2 Å². The van der Waals surface area contributed by atoms with E-state index in [0.717, 1.165) is 12.1 Å². The Morgan fingerprint density at radius 2 is 2.08 bits per heavy atom. The van der Waals surface area contributed by atoms with Crippen molar-refractivity contribution in [3.63, 3.8) is 0 Å². The molecule has 6 nitrogen and oxygen atoms in total. The molecule has 1 aromatic heterocycles. The van der Waals surface area contributed by atoms with Gasteiger partial charge in [0.2, 0.25) is 0 Å². The van der Waals surface area contributed by atoms with Gasteiger partial charge < -0.3 is 14.4 Å². The molecule has 25 heavy (non-hydrogen) atoms. The highest BCUT2D eigenvalue weighted by Crippen LogP contribution is 2.57. The molecular weight excluding hydrogens is 361 g/mol. The van der Waals surface area contributed by atoms with E-state index in [2.05, 4.69) is 4.98 Å². The lowest BCUT2D eigenvalue weighted by Gasteiger charge is -2.17. The molecule has 0 saturated carbocycles. The Labute approximate surface area is 141 Å². The minimum atomic E-state index is -4.21. The molecule has 0 spiro atoms. The van der Waals surface area contributed by atoms with Crippen LogP contribution in [0.25, 0.3) is 0 Å². The van der Waals surface area contributed by atoms with Crippen molar-refractivity contribution < 1.29 is 31.8 Å². The Morgan fingerprint density at radius 1 is 1.36 bits per heavy atom. The van der Waals surface area contributed by atoms with Crippen LogP contribution in [0.2, 0.25) is 0 Å². The number of nitriles is 1. The third-order valence-corrected chi connectivity index (χ3v) is 4.40. The van der Waals surface area contributed by atoms with Gasteiger partial charge in [0.25, 0.3) is 0 Å². The van der Waals surface area contributed by atoms with E-state index in [1.165, 1.54) is 18.5 Å². The molecule has 1 aliphatic carbocycles. The molecule has 1 unspecified atom stereocenters. The van der Waals surface area contributed by atoms with E-state index in [1.807, 2.05) is 0 Å². The van der Waals surface area contributed by atoms with E-state index in [1.54, 1.807) is 6.07 Å². The molecule has 0 aliphatic heterocycles. The van der Waals surface area contributed by atoms with Crippen LogP contribution in [0.15, 0.2) is 35.5 Å². The standard InChI is InChI=1S/C15H9F3N2O4S/c16-13-11-9(24-8-3-7(4-19)5-20-6-8)1-2-10(25(22)23)12(11)14(21)15(13,17)18/h1-3,5-6,13-14,21H,(H,22,23)/p-1/t13-,14+/m1/s1. The van der Waals surface area contributed by atoms with Crippen molar-refractivity contribution in [2.75, 3.05) is 0 Å². The number of aliphatic hydroxyl groups is 1. The monoisotopic (exact) mass is 369 g/mol. The number of aliphatic hydroxyl groups excluding tert-OH is 1. The first-order valence-corrected chi connectivity index (χ1v) is 7.84. The highest BCUT2D eigenvalue weighted by atomic mass is 32.2. The molecule has 0 saturated heterocycles. The van der Waals surface area contributed by atoms with Crippen LogP contribution >= 0.6 is 0 Å². The Bertz CT molecular complexity index is 916. The maximum Gasteiger partial charge on any atom is 0.312 e. The number of hydrogen-bond acceptors (Lipinski definition) is 6. The number of halogens is 3. The predicted molar refractivity (Wildman–Crippen MR) is 76.4 cm³/mol. The fraction of sp³-hybridized carbons (Fsp3) is 0.200. The average Bonchev–Trinajstić information content (AvgIpc) is 2.76. The normalized spacial score (nSPS) is 22.1. The van der Waals surface area contributed by atoms with Crippen LogP contribution in [0.5, 0.6) is 11.5 Å². The smallest absolute Gasteiger partial charge is 0.312 e. The molecule has 1 N–H and O–H groups in total. The fourth-order valence-corrected chi connectivity index (χ4v) is 3.14. The topological polar surface area (TPSA) is 106 Å². The number of fused-ring (bicyclic) bond motifs is 1. The molecule has 0 fully saturated rings. The Hall–Kier alpha value is -2.48. The lowest BCUT2D eigenvalue weighted by molar-refractivity contribution is -0.143. The number of pyridine rings is 1. The van der Waals surface area contributed by atoms with Crippen molar-refractivity contribution in [1.82, 2.24) is 4.98 Å². The van der Waals surface area contributed by atoms with E-state index in [0.29, 0.717) is 0 Å². The summed E-state index contributed by atoms with van der Waals surface area (Å²) in [6.45, 7) is 0. The summed E-state index contributed by atoms with van der Waals surface area (Å²) in [6.07, 6.45) is -3.18. The van der Waals surface area contributed by atoms with Gasteiger partial charge in [-0.05, 0) is 23.2 Å². The minimum Gasteiger partial charge on any atom is -0.768 e. The van der Waals surface area contributed by atoms with Crippen LogP contribution < -0.4 is 4.74 Å². The van der Waals surface area contributed by atoms with E-state index in [4.69, 9.17) is 10.00 Å². The zero-order chi connectivity index (χ0) is 18.4. The first kappa shape index (κ1) is 17.3. The van der Waals surface area contributed by atoms with E-state index >= 15 is 0 Å². The minimum absolute atomic E-state index is 0.0332.